The van der Waals surface area contributed by atoms with Gasteiger partial charge in [-0.05, 0) is 53.4 Å². The minimum atomic E-state index is -6.11. The normalized spacial score (nSPS) is 19.5. The summed E-state index contributed by atoms with van der Waals surface area (Å²) in [6.07, 6.45) is 0.688. The van der Waals surface area contributed by atoms with Crippen molar-refractivity contribution in [2.24, 2.45) is 5.92 Å². The topological polar surface area (TPSA) is 120 Å². The SMILES string of the molecule is CCCOc1ccc2c(c1)C(c1ccc(OC)cc1OS(=O)(=O)C(F)(F)F)C(C(=O)[O-])C2c1ccc2c(c1)OCO2. The smallest absolute Gasteiger partial charge is 0.534 e. The second-order valence-corrected chi connectivity index (χ2v) is 11.0. The van der Waals surface area contributed by atoms with Gasteiger partial charge in [0.1, 0.15) is 17.2 Å². The van der Waals surface area contributed by atoms with Crippen LogP contribution in [0.2, 0.25) is 0 Å². The quantitative estimate of drug-likeness (QED) is 0.267. The van der Waals surface area contributed by atoms with Crippen molar-refractivity contribution in [2.45, 2.75) is 30.7 Å². The third-order valence-corrected chi connectivity index (χ3v) is 7.95. The predicted octanol–water partition coefficient (Wildman–Crippen LogP) is 4.08. The van der Waals surface area contributed by atoms with E-state index in [1.54, 1.807) is 36.4 Å². The van der Waals surface area contributed by atoms with Gasteiger partial charge in [-0.25, -0.2) is 0 Å². The summed E-state index contributed by atoms with van der Waals surface area (Å²) in [5.41, 5.74) is -4.40. The first-order chi connectivity index (χ1) is 19.4. The number of alkyl halides is 3. The lowest BCUT2D eigenvalue weighted by Gasteiger charge is -2.28. The zero-order valence-electron chi connectivity index (χ0n) is 21.8. The summed E-state index contributed by atoms with van der Waals surface area (Å²) in [7, 11) is -4.87. The van der Waals surface area contributed by atoms with Crippen LogP contribution in [0.15, 0.2) is 54.6 Å². The van der Waals surface area contributed by atoms with Crippen molar-refractivity contribution in [2.75, 3.05) is 20.5 Å². The molecule has 3 unspecified atom stereocenters. The Morgan fingerprint density at radius 2 is 1.66 bits per heavy atom. The van der Waals surface area contributed by atoms with E-state index < -0.39 is 45.1 Å². The summed E-state index contributed by atoms with van der Waals surface area (Å²) >= 11 is 0. The molecule has 0 aromatic heterocycles. The van der Waals surface area contributed by atoms with Crippen LogP contribution in [-0.4, -0.2) is 40.4 Å². The summed E-state index contributed by atoms with van der Waals surface area (Å²) in [4.78, 5) is 12.8. The summed E-state index contributed by atoms with van der Waals surface area (Å²) in [6, 6.07) is 13.5. The van der Waals surface area contributed by atoms with E-state index >= 15 is 0 Å². The fourth-order valence-corrected chi connectivity index (χ4v) is 5.73. The zero-order chi connectivity index (χ0) is 29.5. The van der Waals surface area contributed by atoms with Crippen molar-refractivity contribution in [3.8, 4) is 28.7 Å². The molecule has 0 fully saturated rings. The highest BCUT2D eigenvalue weighted by atomic mass is 32.2. The molecule has 0 saturated carbocycles. The van der Waals surface area contributed by atoms with E-state index in [0.29, 0.717) is 47.0 Å². The van der Waals surface area contributed by atoms with Gasteiger partial charge in [0.15, 0.2) is 11.5 Å². The number of carbonyl (C=O) groups is 1. The van der Waals surface area contributed by atoms with Crippen LogP contribution in [-0.2, 0) is 14.9 Å². The number of hydrogen-bond donors (Lipinski definition) is 0. The van der Waals surface area contributed by atoms with Gasteiger partial charge < -0.3 is 33.0 Å². The minimum Gasteiger partial charge on any atom is -0.550 e. The zero-order valence-corrected chi connectivity index (χ0v) is 22.6. The first-order valence-electron chi connectivity index (χ1n) is 12.5. The van der Waals surface area contributed by atoms with E-state index in [4.69, 9.17) is 18.9 Å². The first-order valence-corrected chi connectivity index (χ1v) is 13.9. The van der Waals surface area contributed by atoms with E-state index in [0.717, 1.165) is 6.07 Å². The summed E-state index contributed by atoms with van der Waals surface area (Å²) in [6.45, 7) is 2.25. The Morgan fingerprint density at radius 3 is 2.34 bits per heavy atom. The Labute approximate surface area is 233 Å². The molecule has 9 nitrogen and oxygen atoms in total. The monoisotopic (exact) mass is 593 g/mol. The largest absolute Gasteiger partial charge is 0.550 e. The predicted molar refractivity (Wildman–Crippen MR) is 136 cm³/mol. The lowest BCUT2D eigenvalue weighted by atomic mass is 9.79. The number of carboxylic acid groups (broad SMARTS) is 1. The molecule has 5 rings (SSSR count). The van der Waals surface area contributed by atoms with Gasteiger partial charge in [0.2, 0.25) is 6.79 Å². The van der Waals surface area contributed by atoms with Crippen LogP contribution >= 0.6 is 0 Å². The van der Waals surface area contributed by atoms with Gasteiger partial charge in [-0.3, -0.25) is 0 Å². The van der Waals surface area contributed by atoms with Crippen LogP contribution in [0.25, 0.3) is 0 Å². The molecule has 0 bridgehead atoms. The fourth-order valence-electron chi connectivity index (χ4n) is 5.26. The Morgan fingerprint density at radius 1 is 0.951 bits per heavy atom. The maximum atomic E-state index is 13.3. The number of rotatable bonds is 9. The molecule has 3 aromatic rings. The van der Waals surface area contributed by atoms with Crippen LogP contribution in [0.3, 0.4) is 0 Å². The summed E-state index contributed by atoms with van der Waals surface area (Å²) in [5, 5.41) is 12.8. The number of carbonyl (C=O) groups excluding carboxylic acids is 1. The molecule has 0 radical (unpaired) electrons. The molecule has 13 heteroatoms. The van der Waals surface area contributed by atoms with Crippen molar-refractivity contribution in [3.63, 3.8) is 0 Å². The highest BCUT2D eigenvalue weighted by Crippen LogP contribution is 2.56. The maximum absolute atomic E-state index is 13.3. The molecule has 0 amide bonds. The van der Waals surface area contributed by atoms with Crippen molar-refractivity contribution >= 4 is 16.1 Å². The average molecular weight is 594 g/mol. The molecule has 0 N–H and O–H groups in total. The van der Waals surface area contributed by atoms with E-state index in [1.807, 2.05) is 6.92 Å². The third-order valence-electron chi connectivity index (χ3n) is 6.99. The average Bonchev–Trinajstić information content (AvgIpc) is 3.53. The molecule has 0 spiro atoms. The summed E-state index contributed by atoms with van der Waals surface area (Å²) < 4.78 is 90.4. The van der Waals surface area contributed by atoms with Gasteiger partial charge in [0.25, 0.3) is 0 Å². The Kier molecular flexibility index (Phi) is 7.41. The molecular weight excluding hydrogens is 569 g/mol. The number of fused-ring (bicyclic) bond motifs is 2. The molecular formula is C28H24F3O9S-. The van der Waals surface area contributed by atoms with E-state index in [2.05, 4.69) is 4.18 Å². The molecule has 2 aliphatic rings. The van der Waals surface area contributed by atoms with Crippen molar-refractivity contribution in [1.29, 1.82) is 0 Å². The van der Waals surface area contributed by atoms with Crippen LogP contribution < -0.4 is 28.2 Å². The number of hydrogen-bond acceptors (Lipinski definition) is 9. The van der Waals surface area contributed by atoms with Crippen LogP contribution in [0, 0.1) is 5.92 Å². The number of methoxy groups -OCH3 is 1. The van der Waals surface area contributed by atoms with E-state index in [9.17, 15) is 31.5 Å². The Balaban J connectivity index is 1.72. The van der Waals surface area contributed by atoms with Gasteiger partial charge in [-0.1, -0.05) is 25.1 Å². The minimum absolute atomic E-state index is 0.00306. The molecule has 41 heavy (non-hydrogen) atoms. The first kappa shape index (κ1) is 28.4. The third kappa shape index (κ3) is 5.21. The van der Waals surface area contributed by atoms with E-state index in [1.165, 1.54) is 19.2 Å². The van der Waals surface area contributed by atoms with Gasteiger partial charge in [0.05, 0.1) is 13.7 Å². The second kappa shape index (κ2) is 10.7. The molecule has 1 aliphatic carbocycles. The molecule has 0 saturated heterocycles. The number of carboxylic acids is 1. The maximum Gasteiger partial charge on any atom is 0.534 e. The number of benzene rings is 3. The van der Waals surface area contributed by atoms with Crippen LogP contribution in [0.4, 0.5) is 13.2 Å². The van der Waals surface area contributed by atoms with Crippen molar-refractivity contribution < 1.29 is 54.6 Å². The fraction of sp³-hybridized carbons (Fsp3) is 0.321. The van der Waals surface area contributed by atoms with Crippen molar-refractivity contribution in [1.82, 2.24) is 0 Å². The van der Waals surface area contributed by atoms with Crippen LogP contribution in [0.1, 0.15) is 47.4 Å². The lowest BCUT2D eigenvalue weighted by molar-refractivity contribution is -0.312. The van der Waals surface area contributed by atoms with Gasteiger partial charge in [-0.2, -0.15) is 21.6 Å². The molecule has 3 aromatic carbocycles. The Bertz CT molecular complexity index is 1590. The molecule has 218 valence electrons. The second-order valence-electron chi connectivity index (χ2n) is 9.44. The molecule has 1 aliphatic heterocycles. The molecule has 3 atom stereocenters. The van der Waals surface area contributed by atoms with Crippen LogP contribution in [0.5, 0.6) is 28.7 Å². The highest BCUT2D eigenvalue weighted by molar-refractivity contribution is 7.88. The molecule has 1 heterocycles. The number of halogens is 3. The number of aliphatic carboxylic acids is 1. The lowest BCUT2D eigenvalue weighted by Crippen LogP contribution is -2.36. The van der Waals surface area contributed by atoms with Gasteiger partial charge >= 0.3 is 15.6 Å². The van der Waals surface area contributed by atoms with Crippen molar-refractivity contribution in [3.05, 3.63) is 76.9 Å². The number of ether oxygens (including phenoxy) is 4. The highest BCUT2D eigenvalue weighted by Gasteiger charge is 2.50. The standard InChI is InChI=1S/C28H25F3O9S/c1-3-10-37-17-6-7-18-20(12-17)25(19-8-5-16(36-2)13-22(19)40-41(34,35)28(29,30)31)26(27(32)33)24(18)15-4-9-21-23(11-15)39-14-38-21/h4-9,11-13,24-26H,3,10,14H2,1-2H3,(H,32,33)/p-1. The van der Waals surface area contributed by atoms with Gasteiger partial charge in [0, 0.05) is 35.4 Å². The summed E-state index contributed by atoms with van der Waals surface area (Å²) in [5.74, 6) is -4.41. The Hall–Kier alpha value is -4.13. The van der Waals surface area contributed by atoms with E-state index in [-0.39, 0.29) is 18.1 Å². The van der Waals surface area contributed by atoms with Gasteiger partial charge in [-0.15, -0.1) is 0 Å².